The summed E-state index contributed by atoms with van der Waals surface area (Å²) >= 11 is 0. The molecule has 0 aromatic carbocycles. The molecule has 3 atom stereocenters. The summed E-state index contributed by atoms with van der Waals surface area (Å²) in [5.74, 6) is 0.255. The number of nitrogens with two attached hydrogens (primary N) is 2. The summed E-state index contributed by atoms with van der Waals surface area (Å²) in [6.45, 7) is -0.319. The average molecular weight is 277 g/mol. The van der Waals surface area contributed by atoms with E-state index in [9.17, 15) is 10.2 Å². The smallest absolute Gasteiger partial charge is 0.148 e. The molecule has 0 saturated carbocycles. The molecule has 2 heterocycles. The number of rotatable bonds is 2. The van der Waals surface area contributed by atoms with Crippen LogP contribution in [0.2, 0.25) is 0 Å². The number of fused-ring (bicyclic) bond motifs is 1. The molecule has 0 spiro atoms. The maximum atomic E-state index is 10.1. The molecule has 7 N–H and O–H groups in total. The standard InChI is InChI=1S/C12H15N5O3/c13-6-2-17(12-8(6)11(14)15-4-16-12)7-1-5(3-18)9(19)10(7)20/h1-2,4,7,9-10,18-20H,3,13H2,(H2,14,15,16)/t7-,9+,10?/m1/s1. The van der Waals surface area contributed by atoms with E-state index in [0.717, 1.165) is 0 Å². The van der Waals surface area contributed by atoms with Crippen LogP contribution in [0.3, 0.4) is 0 Å². The molecule has 0 amide bonds. The van der Waals surface area contributed by atoms with Crippen molar-refractivity contribution in [2.45, 2.75) is 18.2 Å². The number of aromatic nitrogens is 3. The predicted molar refractivity (Wildman–Crippen MR) is 72.6 cm³/mol. The number of anilines is 2. The van der Waals surface area contributed by atoms with Crippen molar-refractivity contribution in [3.63, 3.8) is 0 Å². The summed E-state index contributed by atoms with van der Waals surface area (Å²) < 4.78 is 1.62. The van der Waals surface area contributed by atoms with Gasteiger partial charge in [-0.15, -0.1) is 0 Å². The zero-order valence-electron chi connectivity index (χ0n) is 10.5. The van der Waals surface area contributed by atoms with Crippen LogP contribution in [0.1, 0.15) is 6.04 Å². The van der Waals surface area contributed by atoms with Gasteiger partial charge >= 0.3 is 0 Å². The topological polar surface area (TPSA) is 143 Å². The van der Waals surface area contributed by atoms with Crippen LogP contribution in [0.5, 0.6) is 0 Å². The van der Waals surface area contributed by atoms with Crippen molar-refractivity contribution >= 4 is 22.5 Å². The van der Waals surface area contributed by atoms with Crippen LogP contribution < -0.4 is 11.5 Å². The summed E-state index contributed by atoms with van der Waals surface area (Å²) in [5, 5.41) is 29.6. The minimum absolute atomic E-state index is 0.255. The quantitative estimate of drug-likeness (QED) is 0.433. The van der Waals surface area contributed by atoms with E-state index < -0.39 is 18.2 Å². The van der Waals surface area contributed by atoms with Crippen LogP contribution >= 0.6 is 0 Å². The number of hydrogen-bond acceptors (Lipinski definition) is 7. The Labute approximate surface area is 114 Å². The second kappa shape index (κ2) is 4.44. The van der Waals surface area contributed by atoms with Gasteiger partial charge in [0.1, 0.15) is 30.0 Å². The fourth-order valence-corrected chi connectivity index (χ4v) is 2.58. The fraction of sp³-hybridized carbons (Fsp3) is 0.333. The highest BCUT2D eigenvalue weighted by Gasteiger charge is 2.36. The summed E-state index contributed by atoms with van der Waals surface area (Å²) in [6, 6.07) is -0.568. The van der Waals surface area contributed by atoms with Crippen molar-refractivity contribution < 1.29 is 15.3 Å². The Morgan fingerprint density at radius 1 is 1.25 bits per heavy atom. The van der Waals surface area contributed by atoms with E-state index in [4.69, 9.17) is 16.6 Å². The molecule has 3 rings (SSSR count). The Kier molecular flexibility index (Phi) is 2.85. The third kappa shape index (κ3) is 1.66. The minimum Gasteiger partial charge on any atom is -0.397 e. The van der Waals surface area contributed by atoms with Gasteiger partial charge in [0.25, 0.3) is 0 Å². The molecule has 1 aliphatic carbocycles. The molecule has 20 heavy (non-hydrogen) atoms. The molecular weight excluding hydrogens is 262 g/mol. The fourth-order valence-electron chi connectivity index (χ4n) is 2.58. The summed E-state index contributed by atoms with van der Waals surface area (Å²) in [7, 11) is 0. The molecule has 106 valence electrons. The van der Waals surface area contributed by atoms with E-state index in [2.05, 4.69) is 9.97 Å². The molecule has 0 aliphatic heterocycles. The lowest BCUT2D eigenvalue weighted by atomic mass is 10.1. The molecule has 0 saturated heterocycles. The van der Waals surface area contributed by atoms with Crippen molar-refractivity contribution in [3.05, 3.63) is 24.2 Å². The molecular formula is C12H15N5O3. The lowest BCUT2D eigenvalue weighted by molar-refractivity contribution is 0.0289. The van der Waals surface area contributed by atoms with Gasteiger partial charge in [0.05, 0.1) is 23.7 Å². The van der Waals surface area contributed by atoms with Crippen molar-refractivity contribution in [2.75, 3.05) is 18.1 Å². The van der Waals surface area contributed by atoms with E-state index in [-0.39, 0.29) is 12.4 Å². The largest absolute Gasteiger partial charge is 0.397 e. The van der Waals surface area contributed by atoms with Gasteiger partial charge in [-0.05, 0) is 5.57 Å². The minimum atomic E-state index is -1.11. The molecule has 1 unspecified atom stereocenters. The highest BCUT2D eigenvalue weighted by molar-refractivity contribution is 5.97. The Morgan fingerprint density at radius 3 is 2.65 bits per heavy atom. The third-order valence-corrected chi connectivity index (χ3v) is 3.61. The van der Waals surface area contributed by atoms with Gasteiger partial charge in [-0.25, -0.2) is 9.97 Å². The van der Waals surface area contributed by atoms with Crippen LogP contribution in [-0.2, 0) is 0 Å². The number of aliphatic hydroxyl groups excluding tert-OH is 3. The molecule has 2 aromatic rings. The zero-order valence-corrected chi connectivity index (χ0v) is 10.5. The molecule has 0 bridgehead atoms. The third-order valence-electron chi connectivity index (χ3n) is 3.61. The highest BCUT2D eigenvalue weighted by Crippen LogP contribution is 2.35. The second-order valence-corrected chi connectivity index (χ2v) is 4.77. The van der Waals surface area contributed by atoms with Crippen LogP contribution in [0.4, 0.5) is 11.5 Å². The van der Waals surface area contributed by atoms with Gasteiger partial charge in [-0.3, -0.25) is 0 Å². The van der Waals surface area contributed by atoms with E-state index >= 15 is 0 Å². The second-order valence-electron chi connectivity index (χ2n) is 4.77. The van der Waals surface area contributed by atoms with E-state index in [1.54, 1.807) is 16.8 Å². The first-order valence-electron chi connectivity index (χ1n) is 6.08. The van der Waals surface area contributed by atoms with E-state index in [1.165, 1.54) is 6.33 Å². The van der Waals surface area contributed by atoms with Gasteiger partial charge in [-0.2, -0.15) is 0 Å². The molecule has 2 aromatic heterocycles. The summed E-state index contributed by atoms with van der Waals surface area (Å²) in [4.78, 5) is 8.00. The lowest BCUT2D eigenvalue weighted by Crippen LogP contribution is -2.30. The number of hydrogen-bond donors (Lipinski definition) is 5. The van der Waals surface area contributed by atoms with Gasteiger partial charge in [0, 0.05) is 6.20 Å². The van der Waals surface area contributed by atoms with E-state index in [1.807, 2.05) is 0 Å². The SMILES string of the molecule is Nc1cn([C@@H]2C=C(CO)[C@H](O)C2O)c2ncnc(N)c12. The maximum Gasteiger partial charge on any atom is 0.148 e. The molecule has 0 fully saturated rings. The summed E-state index contributed by atoms with van der Waals surface area (Å²) in [5.41, 5.74) is 12.9. The number of nitrogens with zero attached hydrogens (tertiary/aromatic N) is 3. The molecule has 8 heteroatoms. The maximum absolute atomic E-state index is 10.1. The van der Waals surface area contributed by atoms with Crippen LogP contribution in [0.15, 0.2) is 24.2 Å². The van der Waals surface area contributed by atoms with Gasteiger partial charge in [-0.1, -0.05) is 6.08 Å². The Hall–Kier alpha value is -2.16. The zero-order chi connectivity index (χ0) is 14.4. The van der Waals surface area contributed by atoms with Crippen LogP contribution in [0.25, 0.3) is 11.0 Å². The van der Waals surface area contributed by atoms with Crippen molar-refractivity contribution in [3.8, 4) is 0 Å². The van der Waals surface area contributed by atoms with Crippen molar-refractivity contribution in [1.82, 2.24) is 14.5 Å². The first-order valence-corrected chi connectivity index (χ1v) is 6.08. The predicted octanol–water partition coefficient (Wildman–Crippen LogP) is -1.21. The van der Waals surface area contributed by atoms with Crippen LogP contribution in [-0.4, -0.2) is 48.7 Å². The molecule has 0 radical (unpaired) electrons. The lowest BCUT2D eigenvalue weighted by Gasteiger charge is -2.19. The first kappa shape index (κ1) is 12.9. The van der Waals surface area contributed by atoms with Crippen molar-refractivity contribution in [1.29, 1.82) is 0 Å². The Morgan fingerprint density at radius 2 is 2.00 bits per heavy atom. The van der Waals surface area contributed by atoms with Gasteiger partial charge in [0.2, 0.25) is 0 Å². The van der Waals surface area contributed by atoms with E-state index in [0.29, 0.717) is 22.3 Å². The van der Waals surface area contributed by atoms with Gasteiger partial charge < -0.3 is 31.4 Å². The molecule has 8 nitrogen and oxygen atoms in total. The Balaban J connectivity index is 2.17. The first-order chi connectivity index (χ1) is 9.54. The molecule has 1 aliphatic rings. The Bertz CT molecular complexity index is 696. The number of aliphatic hydroxyl groups is 3. The van der Waals surface area contributed by atoms with Crippen LogP contribution in [0, 0.1) is 0 Å². The highest BCUT2D eigenvalue weighted by atomic mass is 16.3. The van der Waals surface area contributed by atoms with Crippen molar-refractivity contribution in [2.24, 2.45) is 0 Å². The number of nitrogen functional groups attached to an aromatic ring is 2. The average Bonchev–Trinajstić information content (AvgIpc) is 2.90. The normalized spacial score (nSPS) is 26.1. The monoisotopic (exact) mass is 277 g/mol. The summed E-state index contributed by atoms with van der Waals surface area (Å²) in [6.07, 6.45) is 2.31. The van der Waals surface area contributed by atoms with Gasteiger partial charge in [0.15, 0.2) is 0 Å².